The predicted molar refractivity (Wildman–Crippen MR) is 121 cm³/mol. The van der Waals surface area contributed by atoms with E-state index in [0.717, 1.165) is 23.5 Å². The third-order valence-corrected chi connectivity index (χ3v) is 5.87. The molecule has 3 rings (SSSR count). The van der Waals surface area contributed by atoms with Gasteiger partial charge in [0.15, 0.2) is 11.0 Å². The maximum Gasteiger partial charge on any atom is 0.234 e. The van der Waals surface area contributed by atoms with Crippen molar-refractivity contribution < 1.29 is 4.79 Å². The second kappa shape index (κ2) is 9.65. The van der Waals surface area contributed by atoms with Crippen LogP contribution in [0.1, 0.15) is 19.4 Å². The highest BCUT2D eigenvalue weighted by atomic mass is 35.5. The molecule has 1 N–H and O–H groups in total. The summed E-state index contributed by atoms with van der Waals surface area (Å²) in [6.45, 7) is 6.90. The quantitative estimate of drug-likeness (QED) is 0.453. The zero-order valence-electron chi connectivity index (χ0n) is 16.4. The van der Waals surface area contributed by atoms with Crippen LogP contribution in [0.5, 0.6) is 0 Å². The first kappa shape index (κ1) is 21.7. The number of carbonyl (C=O) groups excluding carboxylic acids is 1. The number of amides is 1. The minimum absolute atomic E-state index is 0.118. The Morgan fingerprint density at radius 3 is 2.55 bits per heavy atom. The highest BCUT2D eigenvalue weighted by Crippen LogP contribution is 2.27. The fourth-order valence-corrected chi connectivity index (χ4v) is 3.85. The number of benzene rings is 2. The van der Waals surface area contributed by atoms with Gasteiger partial charge in [-0.15, -0.1) is 10.2 Å². The van der Waals surface area contributed by atoms with Crippen LogP contribution in [0, 0.1) is 12.8 Å². The van der Waals surface area contributed by atoms with E-state index in [1.54, 1.807) is 6.07 Å². The van der Waals surface area contributed by atoms with Gasteiger partial charge in [-0.25, -0.2) is 0 Å². The first-order valence-corrected chi connectivity index (χ1v) is 11.0. The van der Waals surface area contributed by atoms with Crippen LogP contribution in [0.2, 0.25) is 10.0 Å². The first-order chi connectivity index (χ1) is 13.8. The second-order valence-corrected chi connectivity index (χ2v) is 8.85. The zero-order valence-corrected chi connectivity index (χ0v) is 18.8. The number of nitrogens with zero attached hydrogens (tertiary/aromatic N) is 3. The van der Waals surface area contributed by atoms with Crippen LogP contribution in [0.3, 0.4) is 0 Å². The number of carbonyl (C=O) groups is 1. The van der Waals surface area contributed by atoms with Crippen molar-refractivity contribution in [3.05, 3.63) is 58.1 Å². The Morgan fingerprint density at radius 1 is 1.14 bits per heavy atom. The molecule has 0 saturated heterocycles. The molecule has 0 spiro atoms. The number of hydrogen-bond donors (Lipinski definition) is 1. The number of thioether (sulfide) groups is 1. The molecule has 8 heteroatoms. The van der Waals surface area contributed by atoms with Crippen LogP contribution in [-0.2, 0) is 11.3 Å². The van der Waals surface area contributed by atoms with Gasteiger partial charge in [0, 0.05) is 27.8 Å². The molecule has 0 atom stereocenters. The van der Waals surface area contributed by atoms with E-state index < -0.39 is 0 Å². The number of rotatable bonds is 7. The van der Waals surface area contributed by atoms with E-state index in [-0.39, 0.29) is 11.7 Å². The summed E-state index contributed by atoms with van der Waals surface area (Å²) in [4.78, 5) is 12.4. The van der Waals surface area contributed by atoms with Gasteiger partial charge in [0.1, 0.15) is 0 Å². The van der Waals surface area contributed by atoms with E-state index in [0.29, 0.717) is 26.8 Å². The number of anilines is 1. The summed E-state index contributed by atoms with van der Waals surface area (Å²) in [5.41, 5.74) is 2.50. The van der Waals surface area contributed by atoms with Crippen molar-refractivity contribution in [3.63, 3.8) is 0 Å². The highest BCUT2D eigenvalue weighted by molar-refractivity contribution is 7.99. The third kappa shape index (κ3) is 5.53. The molecule has 0 fully saturated rings. The van der Waals surface area contributed by atoms with E-state index in [1.165, 1.54) is 11.8 Å². The van der Waals surface area contributed by atoms with E-state index in [1.807, 2.05) is 43.3 Å². The van der Waals surface area contributed by atoms with Crippen molar-refractivity contribution in [1.82, 2.24) is 14.8 Å². The average Bonchev–Trinajstić information content (AvgIpc) is 3.06. The topological polar surface area (TPSA) is 59.8 Å². The maximum atomic E-state index is 12.4. The standard InChI is InChI=1S/C21H22Cl2N4OS/c1-13(2)11-27-20(15-7-9-16(22)10-8-15)25-26-21(27)29-12-19(28)24-18-6-4-5-17(23)14(18)3/h4-10,13H,11-12H2,1-3H3,(H,24,28). The van der Waals surface area contributed by atoms with Gasteiger partial charge < -0.3 is 9.88 Å². The van der Waals surface area contributed by atoms with Crippen LogP contribution in [-0.4, -0.2) is 26.4 Å². The van der Waals surface area contributed by atoms with Crippen molar-refractivity contribution in [2.45, 2.75) is 32.5 Å². The molecule has 1 heterocycles. The van der Waals surface area contributed by atoms with E-state index >= 15 is 0 Å². The molecule has 0 aliphatic rings. The third-order valence-electron chi connectivity index (χ3n) is 4.24. The SMILES string of the molecule is Cc1c(Cl)cccc1NC(=O)CSc1nnc(-c2ccc(Cl)cc2)n1CC(C)C. The molecule has 152 valence electrons. The molecule has 1 aromatic heterocycles. The van der Waals surface area contributed by atoms with Crippen LogP contribution in [0.4, 0.5) is 5.69 Å². The van der Waals surface area contributed by atoms with Gasteiger partial charge in [-0.05, 0) is 54.8 Å². The van der Waals surface area contributed by atoms with E-state index in [9.17, 15) is 4.79 Å². The summed E-state index contributed by atoms with van der Waals surface area (Å²) in [6.07, 6.45) is 0. The lowest BCUT2D eigenvalue weighted by Crippen LogP contribution is -2.16. The van der Waals surface area contributed by atoms with Gasteiger partial charge in [-0.2, -0.15) is 0 Å². The molecule has 0 radical (unpaired) electrons. The molecular formula is C21H22Cl2N4OS. The molecule has 0 bridgehead atoms. The molecular weight excluding hydrogens is 427 g/mol. The highest BCUT2D eigenvalue weighted by Gasteiger charge is 2.17. The Hall–Kier alpha value is -2.02. The molecule has 0 aliphatic carbocycles. The molecule has 1 amide bonds. The van der Waals surface area contributed by atoms with Gasteiger partial charge in [-0.1, -0.05) is 54.9 Å². The lowest BCUT2D eigenvalue weighted by Gasteiger charge is -2.13. The summed E-state index contributed by atoms with van der Waals surface area (Å²) in [5.74, 6) is 1.28. The summed E-state index contributed by atoms with van der Waals surface area (Å²) in [6, 6.07) is 13.0. The van der Waals surface area contributed by atoms with Gasteiger partial charge in [-0.3, -0.25) is 4.79 Å². The van der Waals surface area contributed by atoms with Crippen LogP contribution < -0.4 is 5.32 Å². The number of aromatic nitrogens is 3. The molecule has 0 unspecified atom stereocenters. The lowest BCUT2D eigenvalue weighted by molar-refractivity contribution is -0.113. The number of halogens is 2. The molecule has 2 aromatic carbocycles. The lowest BCUT2D eigenvalue weighted by atomic mass is 10.2. The Morgan fingerprint density at radius 2 is 1.86 bits per heavy atom. The molecule has 5 nitrogen and oxygen atoms in total. The average molecular weight is 449 g/mol. The first-order valence-electron chi connectivity index (χ1n) is 9.22. The molecule has 29 heavy (non-hydrogen) atoms. The fraction of sp³-hybridized carbons (Fsp3) is 0.286. The van der Waals surface area contributed by atoms with E-state index in [4.69, 9.17) is 23.2 Å². The monoisotopic (exact) mass is 448 g/mol. The summed E-state index contributed by atoms with van der Waals surface area (Å²) in [7, 11) is 0. The smallest absolute Gasteiger partial charge is 0.234 e. The molecule has 3 aromatic rings. The van der Waals surface area contributed by atoms with Gasteiger partial charge in [0.2, 0.25) is 5.91 Å². The van der Waals surface area contributed by atoms with Crippen molar-refractivity contribution in [1.29, 1.82) is 0 Å². The second-order valence-electron chi connectivity index (χ2n) is 7.07. The van der Waals surface area contributed by atoms with Crippen molar-refractivity contribution in [3.8, 4) is 11.4 Å². The fourth-order valence-electron chi connectivity index (χ4n) is 2.80. The van der Waals surface area contributed by atoms with Crippen molar-refractivity contribution in [2.24, 2.45) is 5.92 Å². The Balaban J connectivity index is 1.75. The Labute approximate surface area is 184 Å². The van der Waals surface area contributed by atoms with Gasteiger partial charge in [0.25, 0.3) is 0 Å². The van der Waals surface area contributed by atoms with Crippen LogP contribution in [0.25, 0.3) is 11.4 Å². The normalized spacial score (nSPS) is 11.1. The van der Waals surface area contributed by atoms with Gasteiger partial charge in [0.05, 0.1) is 5.75 Å². The molecule has 0 aliphatic heterocycles. The summed E-state index contributed by atoms with van der Waals surface area (Å²) in [5, 5.41) is 13.6. The summed E-state index contributed by atoms with van der Waals surface area (Å²) >= 11 is 13.5. The zero-order chi connectivity index (χ0) is 21.0. The van der Waals surface area contributed by atoms with Crippen molar-refractivity contribution in [2.75, 3.05) is 11.1 Å². The molecule has 0 saturated carbocycles. The maximum absolute atomic E-state index is 12.4. The Kier molecular flexibility index (Phi) is 7.22. The predicted octanol–water partition coefficient (Wildman–Crippen LogP) is 5.95. The minimum Gasteiger partial charge on any atom is -0.325 e. The van der Waals surface area contributed by atoms with Crippen LogP contribution >= 0.6 is 35.0 Å². The minimum atomic E-state index is -0.118. The largest absolute Gasteiger partial charge is 0.325 e. The van der Waals surface area contributed by atoms with Crippen LogP contribution in [0.15, 0.2) is 47.6 Å². The number of nitrogens with one attached hydrogen (secondary N) is 1. The van der Waals surface area contributed by atoms with Crippen molar-refractivity contribution >= 4 is 46.6 Å². The van der Waals surface area contributed by atoms with Gasteiger partial charge >= 0.3 is 0 Å². The summed E-state index contributed by atoms with van der Waals surface area (Å²) < 4.78 is 2.05. The Bertz CT molecular complexity index is 1000. The number of hydrogen-bond acceptors (Lipinski definition) is 4. The van der Waals surface area contributed by atoms with E-state index in [2.05, 4.69) is 33.9 Å².